The van der Waals surface area contributed by atoms with Crippen molar-refractivity contribution >= 4 is 6.09 Å². The minimum atomic E-state index is -0.483. The molecule has 0 fully saturated rings. The van der Waals surface area contributed by atoms with Gasteiger partial charge >= 0.3 is 6.09 Å². The second kappa shape index (κ2) is 5.59. The van der Waals surface area contributed by atoms with Crippen LogP contribution in [0.1, 0.15) is 27.2 Å². The van der Waals surface area contributed by atoms with Crippen LogP contribution < -0.4 is 0 Å². The Hall–Kier alpha value is -1.68. The number of azide groups is 1. The Morgan fingerprint density at radius 2 is 2.35 bits per heavy atom. The zero-order valence-corrected chi connectivity index (χ0v) is 10.5. The van der Waals surface area contributed by atoms with Crippen molar-refractivity contribution in [2.75, 3.05) is 19.6 Å². The van der Waals surface area contributed by atoms with Crippen LogP contribution in [0.4, 0.5) is 4.79 Å². The van der Waals surface area contributed by atoms with Crippen LogP contribution in [0.5, 0.6) is 0 Å². The standard InChI is InChI=1S/C11H18N4O2/c1-11(2,3)17-10(16)15-6-4-5-9(8-15)7-13-14-12/h5H,4,6-8H2,1-3H3. The summed E-state index contributed by atoms with van der Waals surface area (Å²) in [6.45, 7) is 6.96. The van der Waals surface area contributed by atoms with Gasteiger partial charge in [-0.05, 0) is 38.3 Å². The molecule has 0 N–H and O–H groups in total. The minimum absolute atomic E-state index is 0.315. The molecule has 6 nitrogen and oxygen atoms in total. The van der Waals surface area contributed by atoms with Gasteiger partial charge in [0, 0.05) is 24.5 Å². The topological polar surface area (TPSA) is 78.3 Å². The minimum Gasteiger partial charge on any atom is -0.444 e. The smallest absolute Gasteiger partial charge is 0.410 e. The van der Waals surface area contributed by atoms with Gasteiger partial charge in [-0.25, -0.2) is 4.79 Å². The van der Waals surface area contributed by atoms with Crippen LogP contribution in [0.2, 0.25) is 0 Å². The van der Waals surface area contributed by atoms with E-state index in [9.17, 15) is 4.79 Å². The number of amides is 1. The molecule has 0 aliphatic carbocycles. The van der Waals surface area contributed by atoms with E-state index in [0.717, 1.165) is 12.0 Å². The maximum Gasteiger partial charge on any atom is 0.410 e. The summed E-state index contributed by atoms with van der Waals surface area (Å²) < 4.78 is 5.29. The van der Waals surface area contributed by atoms with Crippen molar-refractivity contribution in [2.24, 2.45) is 5.11 Å². The summed E-state index contributed by atoms with van der Waals surface area (Å²) in [5.41, 5.74) is 8.73. The van der Waals surface area contributed by atoms with Gasteiger partial charge in [0.05, 0.1) is 0 Å². The van der Waals surface area contributed by atoms with E-state index in [2.05, 4.69) is 10.0 Å². The highest BCUT2D eigenvalue weighted by Crippen LogP contribution is 2.15. The molecule has 1 rings (SSSR count). The van der Waals surface area contributed by atoms with E-state index in [1.165, 1.54) is 0 Å². The molecule has 0 unspecified atom stereocenters. The molecule has 0 saturated heterocycles. The molecule has 0 atom stereocenters. The number of nitrogens with zero attached hydrogens (tertiary/aromatic N) is 4. The first kappa shape index (κ1) is 13.4. The molecule has 1 aliphatic rings. The van der Waals surface area contributed by atoms with E-state index < -0.39 is 5.60 Å². The zero-order valence-electron chi connectivity index (χ0n) is 10.5. The third-order valence-corrected chi connectivity index (χ3v) is 2.21. The monoisotopic (exact) mass is 238 g/mol. The van der Waals surface area contributed by atoms with Gasteiger partial charge in [-0.2, -0.15) is 0 Å². The second-order valence-electron chi connectivity index (χ2n) is 4.94. The number of hydrogen-bond acceptors (Lipinski definition) is 3. The van der Waals surface area contributed by atoms with Crippen LogP contribution in [-0.2, 0) is 4.74 Å². The highest BCUT2D eigenvalue weighted by molar-refractivity contribution is 5.68. The maximum absolute atomic E-state index is 11.8. The lowest BCUT2D eigenvalue weighted by Gasteiger charge is -2.30. The summed E-state index contributed by atoms with van der Waals surface area (Å²) in [4.78, 5) is 16.1. The second-order valence-corrected chi connectivity index (χ2v) is 4.94. The number of carbonyl (C=O) groups is 1. The summed E-state index contributed by atoms with van der Waals surface area (Å²) in [5, 5.41) is 3.50. The Balaban J connectivity index is 2.55. The molecule has 94 valence electrons. The van der Waals surface area contributed by atoms with Crippen molar-refractivity contribution in [3.8, 4) is 0 Å². The Kier molecular flexibility index (Phi) is 4.40. The average molecular weight is 238 g/mol. The zero-order chi connectivity index (χ0) is 12.9. The lowest BCUT2D eigenvalue weighted by Crippen LogP contribution is -2.40. The molecule has 1 aliphatic heterocycles. The highest BCUT2D eigenvalue weighted by Gasteiger charge is 2.23. The lowest BCUT2D eigenvalue weighted by atomic mass is 10.1. The van der Waals surface area contributed by atoms with Gasteiger partial charge in [0.2, 0.25) is 0 Å². The fourth-order valence-corrected chi connectivity index (χ4v) is 1.53. The van der Waals surface area contributed by atoms with Gasteiger partial charge in [-0.15, -0.1) is 0 Å². The SMILES string of the molecule is CC(C)(C)OC(=O)N1CCC=C(CN=[N+]=[N-])C1. The number of carbonyl (C=O) groups excluding carboxylic acids is 1. The van der Waals surface area contributed by atoms with Crippen molar-refractivity contribution in [1.29, 1.82) is 0 Å². The lowest BCUT2D eigenvalue weighted by molar-refractivity contribution is 0.0262. The summed E-state index contributed by atoms with van der Waals surface area (Å²) in [6, 6.07) is 0. The van der Waals surface area contributed by atoms with Gasteiger partial charge < -0.3 is 9.64 Å². The van der Waals surface area contributed by atoms with Crippen LogP contribution in [0, 0.1) is 0 Å². The van der Waals surface area contributed by atoms with E-state index >= 15 is 0 Å². The predicted octanol–water partition coefficient (Wildman–Crippen LogP) is 2.86. The normalized spacial score (nSPS) is 15.9. The molecule has 0 radical (unpaired) electrons. The molecule has 0 aromatic carbocycles. The summed E-state index contributed by atoms with van der Waals surface area (Å²) >= 11 is 0. The van der Waals surface area contributed by atoms with E-state index in [-0.39, 0.29) is 6.09 Å². The van der Waals surface area contributed by atoms with E-state index in [1.807, 2.05) is 26.8 Å². The Morgan fingerprint density at radius 3 is 2.94 bits per heavy atom. The fourth-order valence-electron chi connectivity index (χ4n) is 1.53. The van der Waals surface area contributed by atoms with Gasteiger partial charge in [0.15, 0.2) is 0 Å². The Bertz CT molecular complexity index is 364. The summed E-state index contributed by atoms with van der Waals surface area (Å²) in [7, 11) is 0. The largest absolute Gasteiger partial charge is 0.444 e. The number of rotatable bonds is 2. The molecule has 0 aromatic heterocycles. The molecule has 0 bridgehead atoms. The maximum atomic E-state index is 11.8. The summed E-state index contributed by atoms with van der Waals surface area (Å²) in [5.74, 6) is 0. The van der Waals surface area contributed by atoms with Crippen LogP contribution in [0.15, 0.2) is 16.8 Å². The van der Waals surface area contributed by atoms with E-state index in [1.54, 1.807) is 4.90 Å². The quantitative estimate of drug-likeness (QED) is 0.321. The first-order valence-corrected chi connectivity index (χ1v) is 5.59. The highest BCUT2D eigenvalue weighted by atomic mass is 16.6. The van der Waals surface area contributed by atoms with Crippen LogP contribution in [-0.4, -0.2) is 36.2 Å². The Labute approximate surface area is 101 Å². The molecule has 0 spiro atoms. The molecule has 1 amide bonds. The third-order valence-electron chi connectivity index (χ3n) is 2.21. The first-order valence-electron chi connectivity index (χ1n) is 5.59. The van der Waals surface area contributed by atoms with Crippen molar-refractivity contribution in [3.63, 3.8) is 0 Å². The van der Waals surface area contributed by atoms with Crippen LogP contribution in [0.3, 0.4) is 0 Å². The number of ether oxygens (including phenoxy) is 1. The molecule has 0 aromatic rings. The van der Waals surface area contributed by atoms with Gasteiger partial charge in [0.1, 0.15) is 5.60 Å². The van der Waals surface area contributed by atoms with E-state index in [4.69, 9.17) is 10.3 Å². The summed E-state index contributed by atoms with van der Waals surface area (Å²) in [6.07, 6.45) is 2.47. The fraction of sp³-hybridized carbons (Fsp3) is 0.727. The van der Waals surface area contributed by atoms with Crippen LogP contribution in [0.25, 0.3) is 10.4 Å². The number of hydrogen-bond donors (Lipinski definition) is 0. The molecular formula is C11H18N4O2. The molecule has 0 saturated carbocycles. The van der Waals surface area contributed by atoms with Crippen molar-refractivity contribution in [2.45, 2.75) is 32.8 Å². The first-order chi connectivity index (χ1) is 7.92. The van der Waals surface area contributed by atoms with Gasteiger partial charge in [0.25, 0.3) is 0 Å². The third kappa shape index (κ3) is 4.78. The van der Waals surface area contributed by atoms with E-state index in [0.29, 0.717) is 19.6 Å². The molecule has 6 heteroatoms. The van der Waals surface area contributed by atoms with Crippen molar-refractivity contribution in [1.82, 2.24) is 4.90 Å². The van der Waals surface area contributed by atoms with Gasteiger partial charge in [-0.1, -0.05) is 11.2 Å². The predicted molar refractivity (Wildman–Crippen MR) is 64.5 cm³/mol. The molecular weight excluding hydrogens is 220 g/mol. The molecule has 1 heterocycles. The van der Waals surface area contributed by atoms with Crippen molar-refractivity contribution < 1.29 is 9.53 Å². The molecule has 17 heavy (non-hydrogen) atoms. The van der Waals surface area contributed by atoms with Crippen LogP contribution >= 0.6 is 0 Å². The average Bonchev–Trinajstić information content (AvgIpc) is 2.24. The van der Waals surface area contributed by atoms with Gasteiger partial charge in [-0.3, -0.25) is 0 Å². The Morgan fingerprint density at radius 1 is 1.65 bits per heavy atom. The van der Waals surface area contributed by atoms with Crippen molar-refractivity contribution in [3.05, 3.63) is 22.1 Å².